The molecular weight excluding hydrogens is 384 g/mol. The smallest absolute Gasteiger partial charge is 0.270 e. The number of nitrogens with zero attached hydrogens (tertiary/aromatic N) is 3. The van der Waals surface area contributed by atoms with E-state index in [9.17, 15) is 20.0 Å². The zero-order valence-corrected chi connectivity index (χ0v) is 15.0. The number of anilines is 2. The summed E-state index contributed by atoms with van der Waals surface area (Å²) in [6, 6.07) is 13.7. The van der Waals surface area contributed by atoms with Gasteiger partial charge in [0.2, 0.25) is 0 Å². The maximum absolute atomic E-state index is 13.2. The SMILES string of the molecule is O=C1c2ccccc2NC(c2cc([N+](=O)[O-])ccc2O)N1c1ccc(Cl)cn1. The minimum atomic E-state index is -0.907. The van der Waals surface area contributed by atoms with E-state index in [2.05, 4.69) is 10.3 Å². The van der Waals surface area contributed by atoms with E-state index >= 15 is 0 Å². The number of phenols is 1. The van der Waals surface area contributed by atoms with Gasteiger partial charge in [-0.25, -0.2) is 4.98 Å². The van der Waals surface area contributed by atoms with Gasteiger partial charge in [0.05, 0.1) is 15.5 Å². The Morgan fingerprint density at radius 3 is 2.68 bits per heavy atom. The second-order valence-electron chi connectivity index (χ2n) is 6.10. The monoisotopic (exact) mass is 396 g/mol. The molecule has 0 saturated carbocycles. The Balaban J connectivity index is 1.90. The number of phenolic OH excluding ortho intramolecular Hbond substituents is 1. The number of nitrogens with one attached hydrogen (secondary N) is 1. The number of benzene rings is 2. The van der Waals surface area contributed by atoms with Crippen LogP contribution in [0.4, 0.5) is 17.2 Å². The molecular formula is C19H13ClN4O4. The largest absolute Gasteiger partial charge is 0.508 e. The predicted octanol–water partition coefficient (Wildman–Crippen LogP) is 4.12. The van der Waals surface area contributed by atoms with Gasteiger partial charge in [-0.05, 0) is 30.3 Å². The van der Waals surface area contributed by atoms with E-state index < -0.39 is 11.1 Å². The van der Waals surface area contributed by atoms with Gasteiger partial charge in [0.1, 0.15) is 17.7 Å². The fourth-order valence-electron chi connectivity index (χ4n) is 3.09. The number of non-ortho nitro benzene ring substituents is 1. The maximum atomic E-state index is 13.2. The summed E-state index contributed by atoms with van der Waals surface area (Å²) in [5.74, 6) is -0.262. The van der Waals surface area contributed by atoms with Crippen molar-refractivity contribution in [3.8, 4) is 5.75 Å². The number of carbonyl (C=O) groups excluding carboxylic acids is 1. The first-order valence-electron chi connectivity index (χ1n) is 8.23. The van der Waals surface area contributed by atoms with Crippen molar-refractivity contribution >= 4 is 34.7 Å². The number of rotatable bonds is 3. The lowest BCUT2D eigenvalue weighted by Crippen LogP contribution is -2.43. The molecule has 2 aromatic carbocycles. The molecule has 4 rings (SSSR count). The minimum Gasteiger partial charge on any atom is -0.508 e. The van der Waals surface area contributed by atoms with E-state index in [-0.39, 0.29) is 28.7 Å². The highest BCUT2D eigenvalue weighted by Gasteiger charge is 2.36. The average molecular weight is 397 g/mol. The van der Waals surface area contributed by atoms with Crippen LogP contribution in [0.5, 0.6) is 5.75 Å². The number of aromatic nitrogens is 1. The van der Waals surface area contributed by atoms with Crippen LogP contribution < -0.4 is 10.2 Å². The van der Waals surface area contributed by atoms with Crippen LogP contribution in [0, 0.1) is 10.1 Å². The van der Waals surface area contributed by atoms with Crippen LogP contribution in [-0.4, -0.2) is 20.9 Å². The summed E-state index contributed by atoms with van der Waals surface area (Å²) in [5.41, 5.74) is 0.938. The molecule has 1 aromatic heterocycles. The Bertz CT molecular complexity index is 1090. The number of nitro groups is 1. The van der Waals surface area contributed by atoms with E-state index in [0.717, 1.165) is 0 Å². The highest BCUT2D eigenvalue weighted by Crippen LogP contribution is 2.39. The number of amides is 1. The second kappa shape index (κ2) is 6.82. The summed E-state index contributed by atoms with van der Waals surface area (Å²) < 4.78 is 0. The van der Waals surface area contributed by atoms with Crippen molar-refractivity contribution in [1.29, 1.82) is 0 Å². The van der Waals surface area contributed by atoms with Gasteiger partial charge in [-0.15, -0.1) is 0 Å². The van der Waals surface area contributed by atoms with Crippen molar-refractivity contribution in [2.24, 2.45) is 0 Å². The average Bonchev–Trinajstić information content (AvgIpc) is 2.69. The number of para-hydroxylation sites is 1. The Kier molecular flexibility index (Phi) is 4.32. The number of hydrogen-bond donors (Lipinski definition) is 2. The molecule has 1 amide bonds. The molecule has 0 radical (unpaired) electrons. The van der Waals surface area contributed by atoms with Gasteiger partial charge >= 0.3 is 0 Å². The van der Waals surface area contributed by atoms with E-state index in [4.69, 9.17) is 11.6 Å². The molecule has 8 nitrogen and oxygen atoms in total. The molecule has 0 fully saturated rings. The lowest BCUT2D eigenvalue weighted by atomic mass is 10.0. The van der Waals surface area contributed by atoms with E-state index in [1.807, 2.05) is 0 Å². The van der Waals surface area contributed by atoms with Crippen molar-refractivity contribution in [2.45, 2.75) is 6.17 Å². The third kappa shape index (κ3) is 2.99. The van der Waals surface area contributed by atoms with Crippen LogP contribution in [0.1, 0.15) is 22.1 Å². The van der Waals surface area contributed by atoms with Gasteiger partial charge in [-0.3, -0.25) is 19.8 Å². The number of nitro benzene ring substituents is 1. The van der Waals surface area contributed by atoms with Crippen LogP contribution in [0.3, 0.4) is 0 Å². The molecule has 1 unspecified atom stereocenters. The van der Waals surface area contributed by atoms with Crippen molar-refractivity contribution in [3.63, 3.8) is 0 Å². The third-order valence-electron chi connectivity index (χ3n) is 4.40. The zero-order valence-electron chi connectivity index (χ0n) is 14.2. The molecule has 1 aliphatic heterocycles. The first kappa shape index (κ1) is 17.7. The Morgan fingerprint density at radius 2 is 1.96 bits per heavy atom. The Morgan fingerprint density at radius 1 is 1.18 bits per heavy atom. The van der Waals surface area contributed by atoms with E-state index in [1.165, 1.54) is 29.3 Å². The summed E-state index contributed by atoms with van der Waals surface area (Å²) in [7, 11) is 0. The molecule has 140 valence electrons. The number of carbonyl (C=O) groups is 1. The van der Waals surface area contributed by atoms with Gasteiger partial charge in [0.25, 0.3) is 11.6 Å². The molecule has 3 aromatic rings. The normalized spacial score (nSPS) is 15.7. The van der Waals surface area contributed by atoms with Gasteiger partial charge in [0, 0.05) is 29.6 Å². The van der Waals surface area contributed by atoms with Crippen molar-refractivity contribution in [3.05, 3.63) is 87.1 Å². The number of fused-ring (bicyclic) bond motifs is 1. The van der Waals surface area contributed by atoms with Gasteiger partial charge in [-0.2, -0.15) is 0 Å². The van der Waals surface area contributed by atoms with E-state index in [0.29, 0.717) is 16.3 Å². The summed E-state index contributed by atoms with van der Waals surface area (Å²) in [4.78, 5) is 29.4. The second-order valence-corrected chi connectivity index (χ2v) is 6.54. The highest BCUT2D eigenvalue weighted by atomic mass is 35.5. The molecule has 0 saturated heterocycles. The zero-order chi connectivity index (χ0) is 19.8. The number of pyridine rings is 1. The fraction of sp³-hybridized carbons (Fsp3) is 0.0526. The highest BCUT2D eigenvalue weighted by molar-refractivity contribution is 6.30. The van der Waals surface area contributed by atoms with Crippen LogP contribution >= 0.6 is 11.6 Å². The number of aromatic hydroxyl groups is 1. The maximum Gasteiger partial charge on any atom is 0.270 e. The standard InChI is InChI=1S/C19H13ClN4O4/c20-11-5-8-17(21-10-11)23-18(14-9-12(24(27)28)6-7-16(14)25)22-15-4-2-1-3-13(15)19(23)26/h1-10,18,22,25H. The summed E-state index contributed by atoms with van der Waals surface area (Å²) in [6.07, 6.45) is 0.491. The quantitative estimate of drug-likeness (QED) is 0.509. The predicted molar refractivity (Wildman–Crippen MR) is 104 cm³/mol. The van der Waals surface area contributed by atoms with Crippen molar-refractivity contribution < 1.29 is 14.8 Å². The van der Waals surface area contributed by atoms with Gasteiger partial charge in [0.15, 0.2) is 0 Å². The molecule has 2 N–H and O–H groups in total. The van der Waals surface area contributed by atoms with Gasteiger partial charge < -0.3 is 10.4 Å². The molecule has 2 heterocycles. The van der Waals surface area contributed by atoms with Crippen LogP contribution in [-0.2, 0) is 0 Å². The van der Waals surface area contributed by atoms with Crippen molar-refractivity contribution in [1.82, 2.24) is 4.98 Å². The number of hydrogen-bond acceptors (Lipinski definition) is 6. The molecule has 1 aliphatic rings. The Labute approximate surface area is 164 Å². The first-order chi connectivity index (χ1) is 13.5. The molecule has 0 bridgehead atoms. The summed E-state index contributed by atoms with van der Waals surface area (Å²) in [6.45, 7) is 0. The van der Waals surface area contributed by atoms with Crippen LogP contribution in [0.25, 0.3) is 0 Å². The number of halogens is 1. The van der Waals surface area contributed by atoms with E-state index in [1.54, 1.807) is 36.4 Å². The summed E-state index contributed by atoms with van der Waals surface area (Å²) in [5, 5.41) is 25.1. The fourth-order valence-corrected chi connectivity index (χ4v) is 3.20. The Hall–Kier alpha value is -3.65. The molecule has 9 heteroatoms. The third-order valence-corrected chi connectivity index (χ3v) is 4.63. The minimum absolute atomic E-state index is 0.175. The van der Waals surface area contributed by atoms with Crippen molar-refractivity contribution in [2.75, 3.05) is 10.2 Å². The molecule has 0 spiro atoms. The summed E-state index contributed by atoms with van der Waals surface area (Å²) >= 11 is 5.91. The van der Waals surface area contributed by atoms with Gasteiger partial charge in [-0.1, -0.05) is 23.7 Å². The topological polar surface area (TPSA) is 109 Å². The molecule has 28 heavy (non-hydrogen) atoms. The van der Waals surface area contributed by atoms with Crippen LogP contribution in [0.15, 0.2) is 60.8 Å². The molecule has 0 aliphatic carbocycles. The van der Waals surface area contributed by atoms with Crippen LogP contribution in [0.2, 0.25) is 5.02 Å². The molecule has 1 atom stereocenters. The lowest BCUT2D eigenvalue weighted by Gasteiger charge is -2.37. The lowest BCUT2D eigenvalue weighted by molar-refractivity contribution is -0.385. The first-order valence-corrected chi connectivity index (χ1v) is 8.61.